The second kappa shape index (κ2) is 7.47. The van der Waals surface area contributed by atoms with E-state index in [1.807, 2.05) is 24.3 Å². The van der Waals surface area contributed by atoms with Crippen molar-refractivity contribution in [1.29, 1.82) is 0 Å². The lowest BCUT2D eigenvalue weighted by atomic mass is 9.98. The number of piperidine rings is 1. The van der Waals surface area contributed by atoms with Crippen LogP contribution in [0, 0.1) is 5.92 Å². The van der Waals surface area contributed by atoms with Gasteiger partial charge in [0.15, 0.2) is 0 Å². The molecule has 1 fully saturated rings. The summed E-state index contributed by atoms with van der Waals surface area (Å²) in [6.45, 7) is 3.22. The SMILES string of the molecule is O=C(O)C1CCCN(CCCOc2cccc3ccccc23)C1. The molecule has 0 aliphatic carbocycles. The molecule has 1 aliphatic rings. The van der Waals surface area contributed by atoms with Gasteiger partial charge in [-0.05, 0) is 37.3 Å². The van der Waals surface area contributed by atoms with Crippen molar-refractivity contribution in [2.24, 2.45) is 5.92 Å². The van der Waals surface area contributed by atoms with E-state index in [1.54, 1.807) is 0 Å². The van der Waals surface area contributed by atoms with E-state index < -0.39 is 5.97 Å². The van der Waals surface area contributed by atoms with Crippen LogP contribution in [0.2, 0.25) is 0 Å². The standard InChI is InChI=1S/C19H23NO3/c21-19(22)16-8-4-11-20(14-16)12-5-13-23-18-10-3-7-15-6-1-2-9-17(15)18/h1-3,6-7,9-10,16H,4-5,8,11-14H2,(H,21,22). The van der Waals surface area contributed by atoms with E-state index in [-0.39, 0.29) is 5.92 Å². The Labute approximate surface area is 136 Å². The zero-order valence-corrected chi connectivity index (χ0v) is 13.3. The summed E-state index contributed by atoms with van der Waals surface area (Å²) in [6.07, 6.45) is 2.69. The van der Waals surface area contributed by atoms with Crippen LogP contribution < -0.4 is 4.74 Å². The van der Waals surface area contributed by atoms with Crippen LogP contribution in [0.15, 0.2) is 42.5 Å². The zero-order chi connectivity index (χ0) is 16.1. The topological polar surface area (TPSA) is 49.8 Å². The average Bonchev–Trinajstić information content (AvgIpc) is 2.59. The molecule has 0 bridgehead atoms. The highest BCUT2D eigenvalue weighted by Gasteiger charge is 2.24. The molecule has 1 saturated heterocycles. The number of likely N-dealkylation sites (tertiary alicyclic amines) is 1. The van der Waals surface area contributed by atoms with Crippen molar-refractivity contribution in [1.82, 2.24) is 4.90 Å². The first-order valence-corrected chi connectivity index (χ1v) is 8.30. The Bertz CT molecular complexity index is 665. The van der Waals surface area contributed by atoms with Gasteiger partial charge in [0.2, 0.25) is 0 Å². The molecule has 4 nitrogen and oxygen atoms in total. The van der Waals surface area contributed by atoms with Crippen molar-refractivity contribution in [3.8, 4) is 5.75 Å². The van der Waals surface area contributed by atoms with Gasteiger partial charge in [0.1, 0.15) is 5.75 Å². The zero-order valence-electron chi connectivity index (χ0n) is 13.3. The van der Waals surface area contributed by atoms with Crippen molar-refractivity contribution in [2.75, 3.05) is 26.2 Å². The van der Waals surface area contributed by atoms with Gasteiger partial charge in [-0.1, -0.05) is 36.4 Å². The molecule has 0 radical (unpaired) electrons. The number of carboxylic acid groups (broad SMARTS) is 1. The second-order valence-electron chi connectivity index (χ2n) is 6.16. The molecule has 23 heavy (non-hydrogen) atoms. The number of ether oxygens (including phenoxy) is 1. The monoisotopic (exact) mass is 313 g/mol. The fourth-order valence-electron chi connectivity index (χ4n) is 3.25. The highest BCUT2D eigenvalue weighted by Crippen LogP contribution is 2.25. The largest absolute Gasteiger partial charge is 0.493 e. The number of benzene rings is 2. The van der Waals surface area contributed by atoms with Crippen LogP contribution >= 0.6 is 0 Å². The molecule has 1 N–H and O–H groups in total. The van der Waals surface area contributed by atoms with Crippen LogP contribution in [0.5, 0.6) is 5.75 Å². The number of nitrogens with zero attached hydrogens (tertiary/aromatic N) is 1. The van der Waals surface area contributed by atoms with Crippen LogP contribution in [-0.4, -0.2) is 42.2 Å². The number of fused-ring (bicyclic) bond motifs is 1. The van der Waals surface area contributed by atoms with E-state index in [4.69, 9.17) is 9.84 Å². The molecule has 4 heteroatoms. The molecule has 0 saturated carbocycles. The van der Waals surface area contributed by atoms with Gasteiger partial charge >= 0.3 is 5.97 Å². The van der Waals surface area contributed by atoms with Gasteiger partial charge < -0.3 is 14.7 Å². The number of carbonyl (C=O) groups is 1. The Balaban J connectivity index is 1.49. The van der Waals surface area contributed by atoms with Crippen LogP contribution in [0.25, 0.3) is 10.8 Å². The van der Waals surface area contributed by atoms with E-state index in [0.717, 1.165) is 43.5 Å². The number of hydrogen-bond donors (Lipinski definition) is 1. The second-order valence-corrected chi connectivity index (χ2v) is 6.16. The van der Waals surface area contributed by atoms with Gasteiger partial charge in [0.05, 0.1) is 12.5 Å². The Hall–Kier alpha value is -2.07. The molecule has 1 heterocycles. The molecule has 1 aliphatic heterocycles. The summed E-state index contributed by atoms with van der Waals surface area (Å²) in [4.78, 5) is 13.3. The summed E-state index contributed by atoms with van der Waals surface area (Å²) >= 11 is 0. The maximum atomic E-state index is 11.1. The average molecular weight is 313 g/mol. The number of rotatable bonds is 6. The fourth-order valence-corrected chi connectivity index (χ4v) is 3.25. The van der Waals surface area contributed by atoms with Crippen molar-refractivity contribution in [2.45, 2.75) is 19.3 Å². The van der Waals surface area contributed by atoms with Gasteiger partial charge in [0.25, 0.3) is 0 Å². The normalized spacial score (nSPS) is 18.9. The molecular formula is C19H23NO3. The predicted octanol–water partition coefficient (Wildman–Crippen LogP) is 3.41. The molecule has 1 atom stereocenters. The minimum atomic E-state index is -0.665. The Morgan fingerprint density at radius 3 is 2.91 bits per heavy atom. The summed E-state index contributed by atoms with van der Waals surface area (Å²) in [5.74, 6) is 0.0506. The third-order valence-corrected chi connectivity index (χ3v) is 4.48. The third-order valence-electron chi connectivity index (χ3n) is 4.48. The smallest absolute Gasteiger partial charge is 0.307 e. The molecule has 1 unspecified atom stereocenters. The summed E-state index contributed by atoms with van der Waals surface area (Å²) in [5, 5.41) is 11.4. The van der Waals surface area contributed by atoms with E-state index in [1.165, 1.54) is 5.39 Å². The first kappa shape index (κ1) is 15.8. The Morgan fingerprint density at radius 2 is 2.04 bits per heavy atom. The lowest BCUT2D eigenvalue weighted by molar-refractivity contribution is -0.143. The molecular weight excluding hydrogens is 290 g/mol. The van der Waals surface area contributed by atoms with E-state index in [0.29, 0.717) is 13.2 Å². The molecule has 2 aromatic carbocycles. The van der Waals surface area contributed by atoms with Crippen LogP contribution in [0.4, 0.5) is 0 Å². The van der Waals surface area contributed by atoms with Gasteiger partial charge in [-0.15, -0.1) is 0 Å². The number of carboxylic acids is 1. The van der Waals surface area contributed by atoms with Gasteiger partial charge in [-0.25, -0.2) is 0 Å². The van der Waals surface area contributed by atoms with Crippen molar-refractivity contribution in [3.05, 3.63) is 42.5 Å². The van der Waals surface area contributed by atoms with Crippen LogP contribution in [-0.2, 0) is 4.79 Å². The maximum absolute atomic E-state index is 11.1. The maximum Gasteiger partial charge on any atom is 0.307 e. The van der Waals surface area contributed by atoms with Crippen LogP contribution in [0.3, 0.4) is 0 Å². The third kappa shape index (κ3) is 4.02. The number of aliphatic carboxylic acids is 1. The minimum absolute atomic E-state index is 0.206. The molecule has 2 aromatic rings. The molecule has 122 valence electrons. The van der Waals surface area contributed by atoms with Crippen molar-refractivity contribution < 1.29 is 14.6 Å². The lowest BCUT2D eigenvalue weighted by Crippen LogP contribution is -2.39. The Morgan fingerprint density at radius 1 is 1.22 bits per heavy atom. The minimum Gasteiger partial charge on any atom is -0.493 e. The van der Waals surface area contributed by atoms with Gasteiger partial charge in [0, 0.05) is 18.5 Å². The molecule has 0 spiro atoms. The first-order chi connectivity index (χ1) is 11.2. The quantitative estimate of drug-likeness (QED) is 0.830. The predicted molar refractivity (Wildman–Crippen MR) is 90.9 cm³/mol. The molecule has 3 rings (SSSR count). The summed E-state index contributed by atoms with van der Waals surface area (Å²) in [5.41, 5.74) is 0. The van der Waals surface area contributed by atoms with E-state index in [9.17, 15) is 4.79 Å². The highest BCUT2D eigenvalue weighted by atomic mass is 16.5. The summed E-state index contributed by atoms with van der Waals surface area (Å²) in [6, 6.07) is 14.3. The molecule has 0 aromatic heterocycles. The molecule has 0 amide bonds. The van der Waals surface area contributed by atoms with Crippen molar-refractivity contribution >= 4 is 16.7 Å². The Kier molecular flexibility index (Phi) is 5.13. The first-order valence-electron chi connectivity index (χ1n) is 8.30. The van der Waals surface area contributed by atoms with Gasteiger partial charge in [-0.3, -0.25) is 4.79 Å². The summed E-state index contributed by atoms with van der Waals surface area (Å²) < 4.78 is 5.94. The lowest BCUT2D eigenvalue weighted by Gasteiger charge is -2.30. The fraction of sp³-hybridized carbons (Fsp3) is 0.421. The highest BCUT2D eigenvalue weighted by molar-refractivity contribution is 5.88. The van der Waals surface area contributed by atoms with E-state index >= 15 is 0 Å². The van der Waals surface area contributed by atoms with Crippen molar-refractivity contribution in [3.63, 3.8) is 0 Å². The summed E-state index contributed by atoms with van der Waals surface area (Å²) in [7, 11) is 0. The van der Waals surface area contributed by atoms with E-state index in [2.05, 4.69) is 23.1 Å². The number of hydrogen-bond acceptors (Lipinski definition) is 3. The van der Waals surface area contributed by atoms with Gasteiger partial charge in [-0.2, -0.15) is 0 Å². The van der Waals surface area contributed by atoms with Crippen LogP contribution in [0.1, 0.15) is 19.3 Å².